The van der Waals surface area contributed by atoms with Crippen molar-refractivity contribution in [2.75, 3.05) is 64.1 Å². The maximum atomic E-state index is 12.4. The number of piperazine rings is 1. The van der Waals surface area contributed by atoms with Gasteiger partial charge in [-0.2, -0.15) is 0 Å². The van der Waals surface area contributed by atoms with Crippen molar-refractivity contribution in [3.63, 3.8) is 0 Å². The molecule has 2 aromatic carbocycles. The molecule has 0 bridgehead atoms. The van der Waals surface area contributed by atoms with Crippen LogP contribution in [-0.2, 0) is 0 Å². The van der Waals surface area contributed by atoms with E-state index in [9.17, 15) is 4.79 Å². The molecule has 0 radical (unpaired) electrons. The molecule has 0 unspecified atom stereocenters. The summed E-state index contributed by atoms with van der Waals surface area (Å²) in [6.07, 6.45) is 0. The van der Waals surface area contributed by atoms with Gasteiger partial charge in [0.2, 0.25) is 0 Å². The molecule has 0 aliphatic carbocycles. The summed E-state index contributed by atoms with van der Waals surface area (Å²) in [7, 11) is 6.22. The van der Waals surface area contributed by atoms with E-state index in [4.69, 9.17) is 11.6 Å². The normalized spacial score (nSPS) is 16.3. The van der Waals surface area contributed by atoms with E-state index in [1.165, 1.54) is 11.3 Å². The van der Waals surface area contributed by atoms with E-state index in [-0.39, 0.29) is 12.1 Å². The number of anilines is 2. The van der Waals surface area contributed by atoms with Crippen molar-refractivity contribution in [1.29, 1.82) is 0 Å². The Morgan fingerprint density at radius 2 is 1.66 bits per heavy atom. The molecule has 1 atom stereocenters. The molecule has 2 aromatic rings. The molecule has 1 aliphatic rings. The Kier molecular flexibility index (Phi) is 7.36. The van der Waals surface area contributed by atoms with Gasteiger partial charge < -0.3 is 20.4 Å². The monoisotopic (exact) mass is 415 g/mol. The highest BCUT2D eigenvalue weighted by atomic mass is 35.5. The van der Waals surface area contributed by atoms with Crippen LogP contribution in [0.5, 0.6) is 0 Å². The summed E-state index contributed by atoms with van der Waals surface area (Å²) in [5.41, 5.74) is 3.10. The summed E-state index contributed by atoms with van der Waals surface area (Å²) in [4.78, 5) is 19.3. The van der Waals surface area contributed by atoms with Gasteiger partial charge in [-0.1, -0.05) is 23.7 Å². The van der Waals surface area contributed by atoms with Crippen molar-refractivity contribution in [3.05, 3.63) is 59.1 Å². The number of carbonyl (C=O) groups excluding carboxylic acids is 1. The average Bonchev–Trinajstić information content (AvgIpc) is 2.71. The standard InChI is InChI=1S/C22H30ClN5O/c1-26(2)20-10-4-17(5-11-20)21(28-14-12-27(3)13-15-28)16-24-22(29)25-19-8-6-18(23)7-9-19/h4-11,21H,12-16H2,1-3H3,(H2,24,25,29)/t21-/m0/s1. The molecular formula is C22H30ClN5O. The second kappa shape index (κ2) is 9.96. The van der Waals surface area contributed by atoms with Gasteiger partial charge in [-0.3, -0.25) is 4.90 Å². The lowest BCUT2D eigenvalue weighted by Crippen LogP contribution is -2.48. The van der Waals surface area contributed by atoms with Crippen molar-refractivity contribution >= 4 is 29.0 Å². The number of nitrogens with one attached hydrogen (secondary N) is 2. The third kappa shape index (κ3) is 6.10. The molecule has 1 heterocycles. The Bertz CT molecular complexity index is 786. The van der Waals surface area contributed by atoms with Crippen LogP contribution in [0.25, 0.3) is 0 Å². The van der Waals surface area contributed by atoms with Gasteiger partial charge >= 0.3 is 6.03 Å². The Morgan fingerprint density at radius 3 is 2.24 bits per heavy atom. The molecule has 2 amide bonds. The number of hydrogen-bond donors (Lipinski definition) is 2. The van der Waals surface area contributed by atoms with Gasteiger partial charge in [0.15, 0.2) is 0 Å². The molecule has 1 saturated heterocycles. The van der Waals surface area contributed by atoms with Gasteiger partial charge in [-0.05, 0) is 49.0 Å². The van der Waals surface area contributed by atoms with E-state index in [0.717, 1.165) is 31.9 Å². The van der Waals surface area contributed by atoms with Crippen LogP contribution in [0.15, 0.2) is 48.5 Å². The van der Waals surface area contributed by atoms with Crippen molar-refractivity contribution < 1.29 is 4.79 Å². The summed E-state index contributed by atoms with van der Waals surface area (Å²) in [6, 6.07) is 15.6. The highest BCUT2D eigenvalue weighted by molar-refractivity contribution is 6.30. The van der Waals surface area contributed by atoms with E-state index in [2.05, 4.69) is 56.6 Å². The van der Waals surface area contributed by atoms with Gasteiger partial charge in [0, 0.05) is 63.2 Å². The lowest BCUT2D eigenvalue weighted by Gasteiger charge is -2.38. The van der Waals surface area contributed by atoms with E-state index < -0.39 is 0 Å². The number of rotatable bonds is 6. The van der Waals surface area contributed by atoms with Crippen LogP contribution in [-0.4, -0.2) is 69.7 Å². The van der Waals surface area contributed by atoms with Gasteiger partial charge in [0.25, 0.3) is 0 Å². The van der Waals surface area contributed by atoms with E-state index in [1.54, 1.807) is 24.3 Å². The Balaban J connectivity index is 1.67. The maximum Gasteiger partial charge on any atom is 0.319 e. The average molecular weight is 416 g/mol. The SMILES string of the molecule is CN1CCN([C@@H](CNC(=O)Nc2ccc(Cl)cc2)c2ccc(N(C)C)cc2)CC1. The van der Waals surface area contributed by atoms with Gasteiger partial charge in [0.05, 0.1) is 6.04 Å². The third-order valence-electron chi connectivity index (χ3n) is 5.33. The minimum atomic E-state index is -0.212. The summed E-state index contributed by atoms with van der Waals surface area (Å²) in [5, 5.41) is 6.56. The third-order valence-corrected chi connectivity index (χ3v) is 5.58. The first-order valence-electron chi connectivity index (χ1n) is 9.92. The molecule has 7 heteroatoms. The van der Waals surface area contributed by atoms with Crippen molar-refractivity contribution in [3.8, 4) is 0 Å². The van der Waals surface area contributed by atoms with Crippen molar-refractivity contribution in [2.45, 2.75) is 6.04 Å². The lowest BCUT2D eigenvalue weighted by atomic mass is 10.0. The predicted molar refractivity (Wildman–Crippen MR) is 121 cm³/mol. The summed E-state index contributed by atoms with van der Waals surface area (Å²) in [6.45, 7) is 4.57. The first-order valence-corrected chi connectivity index (χ1v) is 10.3. The number of benzene rings is 2. The maximum absolute atomic E-state index is 12.4. The number of hydrogen-bond acceptors (Lipinski definition) is 4. The summed E-state index contributed by atoms with van der Waals surface area (Å²) >= 11 is 5.91. The molecule has 0 saturated carbocycles. The van der Waals surface area contributed by atoms with Gasteiger partial charge in [0.1, 0.15) is 0 Å². The topological polar surface area (TPSA) is 50.9 Å². The zero-order chi connectivity index (χ0) is 20.8. The van der Waals surface area contributed by atoms with Crippen molar-refractivity contribution in [1.82, 2.24) is 15.1 Å². The van der Waals surface area contributed by atoms with E-state index >= 15 is 0 Å². The molecule has 0 spiro atoms. The Morgan fingerprint density at radius 1 is 1.03 bits per heavy atom. The summed E-state index contributed by atoms with van der Waals surface area (Å²) < 4.78 is 0. The number of urea groups is 1. The first-order chi connectivity index (χ1) is 13.9. The van der Waals surface area contributed by atoms with Crippen molar-refractivity contribution in [2.24, 2.45) is 0 Å². The fourth-order valence-electron chi connectivity index (χ4n) is 3.48. The lowest BCUT2D eigenvalue weighted by molar-refractivity contribution is 0.111. The molecular weight excluding hydrogens is 386 g/mol. The number of amides is 2. The van der Waals surface area contributed by atoms with Crippen LogP contribution in [0.2, 0.25) is 5.02 Å². The number of likely N-dealkylation sites (N-methyl/N-ethyl adjacent to an activating group) is 1. The fraction of sp³-hybridized carbons (Fsp3) is 0.409. The minimum Gasteiger partial charge on any atom is -0.378 e. The van der Waals surface area contributed by atoms with Gasteiger partial charge in [-0.15, -0.1) is 0 Å². The molecule has 1 aliphatic heterocycles. The minimum absolute atomic E-state index is 0.135. The first kappa shape index (κ1) is 21.4. The van der Waals surface area contributed by atoms with Crippen LogP contribution in [0.1, 0.15) is 11.6 Å². The molecule has 3 rings (SSSR count). The van der Waals surface area contributed by atoms with E-state index in [1.807, 2.05) is 14.1 Å². The molecule has 1 fully saturated rings. The summed E-state index contributed by atoms with van der Waals surface area (Å²) in [5.74, 6) is 0. The van der Waals surface area contributed by atoms with Crippen LogP contribution in [0.4, 0.5) is 16.2 Å². The number of carbonyl (C=O) groups is 1. The van der Waals surface area contributed by atoms with Crippen LogP contribution in [0.3, 0.4) is 0 Å². The Labute approximate surface area is 178 Å². The largest absolute Gasteiger partial charge is 0.378 e. The molecule has 29 heavy (non-hydrogen) atoms. The molecule has 6 nitrogen and oxygen atoms in total. The highest BCUT2D eigenvalue weighted by Crippen LogP contribution is 2.24. The molecule has 0 aromatic heterocycles. The number of nitrogens with zero attached hydrogens (tertiary/aromatic N) is 3. The Hall–Kier alpha value is -2.28. The molecule has 156 valence electrons. The van der Waals surface area contributed by atoms with Gasteiger partial charge in [-0.25, -0.2) is 4.79 Å². The second-order valence-electron chi connectivity index (χ2n) is 7.68. The quantitative estimate of drug-likeness (QED) is 0.758. The van der Waals surface area contributed by atoms with Crippen LogP contribution < -0.4 is 15.5 Å². The fourth-order valence-corrected chi connectivity index (χ4v) is 3.61. The highest BCUT2D eigenvalue weighted by Gasteiger charge is 2.24. The zero-order valence-electron chi connectivity index (χ0n) is 17.4. The predicted octanol–water partition coefficient (Wildman–Crippen LogP) is 3.52. The second-order valence-corrected chi connectivity index (χ2v) is 8.12. The van der Waals surface area contributed by atoms with Crippen LogP contribution >= 0.6 is 11.6 Å². The van der Waals surface area contributed by atoms with Crippen LogP contribution in [0, 0.1) is 0 Å². The number of halogens is 1. The smallest absolute Gasteiger partial charge is 0.319 e. The molecule has 2 N–H and O–H groups in total. The zero-order valence-corrected chi connectivity index (χ0v) is 18.1. The van der Waals surface area contributed by atoms with E-state index in [0.29, 0.717) is 11.6 Å².